The number of hydrogen-bond acceptors (Lipinski definition) is 5. The van der Waals surface area contributed by atoms with E-state index in [0.717, 1.165) is 13.0 Å². The Hall–Kier alpha value is -0.880. The maximum Gasteiger partial charge on any atom is 0.228 e. The van der Waals surface area contributed by atoms with Gasteiger partial charge in [0, 0.05) is 25.8 Å². The fraction of sp³-hybridized carbons (Fsp3) is 0.636. The van der Waals surface area contributed by atoms with Gasteiger partial charge < -0.3 is 15.4 Å². The van der Waals surface area contributed by atoms with Crippen molar-refractivity contribution in [3.63, 3.8) is 0 Å². The number of nitrogens with zero attached hydrogens (tertiary/aromatic N) is 3. The fourth-order valence-electron chi connectivity index (χ4n) is 1.48. The minimum atomic E-state index is 0.346. The molecule has 0 aromatic carbocycles. The zero-order valence-corrected chi connectivity index (χ0v) is 12.1. The van der Waals surface area contributed by atoms with Crippen LogP contribution in [0.4, 0.5) is 11.8 Å². The number of ether oxygens (including phenoxy) is 1. The lowest BCUT2D eigenvalue weighted by molar-refractivity contribution is 0.203. The minimum Gasteiger partial charge on any atom is -0.383 e. The fourth-order valence-corrected chi connectivity index (χ4v) is 1.87. The van der Waals surface area contributed by atoms with Gasteiger partial charge in [0.1, 0.15) is 10.4 Å². The molecule has 17 heavy (non-hydrogen) atoms. The van der Waals surface area contributed by atoms with Gasteiger partial charge in [-0.05, 0) is 29.3 Å². The van der Waals surface area contributed by atoms with Gasteiger partial charge in [0.25, 0.3) is 0 Å². The number of methoxy groups -OCH3 is 1. The zero-order chi connectivity index (χ0) is 12.8. The molecule has 1 aromatic rings. The highest BCUT2D eigenvalue weighted by molar-refractivity contribution is 9.10. The second-order valence-corrected chi connectivity index (χ2v) is 4.67. The molecule has 2 N–H and O–H groups in total. The zero-order valence-electron chi connectivity index (χ0n) is 10.5. The van der Waals surface area contributed by atoms with Gasteiger partial charge in [-0.1, -0.05) is 6.92 Å². The second-order valence-electron chi connectivity index (χ2n) is 3.86. The van der Waals surface area contributed by atoms with Gasteiger partial charge in [0.2, 0.25) is 5.95 Å². The van der Waals surface area contributed by atoms with Crippen LogP contribution in [-0.2, 0) is 4.74 Å². The minimum absolute atomic E-state index is 0.346. The highest BCUT2D eigenvalue weighted by Crippen LogP contribution is 2.18. The topological polar surface area (TPSA) is 64.3 Å². The molecule has 0 fully saturated rings. The van der Waals surface area contributed by atoms with E-state index in [0.29, 0.717) is 29.0 Å². The van der Waals surface area contributed by atoms with Crippen molar-refractivity contribution in [2.75, 3.05) is 30.9 Å². The molecule has 0 bridgehead atoms. The van der Waals surface area contributed by atoms with Crippen molar-refractivity contribution in [1.82, 2.24) is 9.97 Å². The van der Waals surface area contributed by atoms with Crippen molar-refractivity contribution >= 4 is 27.7 Å². The van der Waals surface area contributed by atoms with E-state index in [1.54, 1.807) is 13.2 Å². The van der Waals surface area contributed by atoms with E-state index >= 15 is 0 Å². The van der Waals surface area contributed by atoms with Gasteiger partial charge in [-0.15, -0.1) is 0 Å². The Morgan fingerprint density at radius 3 is 2.76 bits per heavy atom. The third-order valence-electron chi connectivity index (χ3n) is 2.62. The molecule has 0 aliphatic carbocycles. The summed E-state index contributed by atoms with van der Waals surface area (Å²) in [5.41, 5.74) is 5.73. The predicted molar refractivity (Wildman–Crippen MR) is 73.1 cm³/mol. The first-order valence-corrected chi connectivity index (χ1v) is 6.43. The average molecular weight is 303 g/mol. The number of hydrogen-bond donors (Lipinski definition) is 1. The number of rotatable bonds is 6. The van der Waals surface area contributed by atoms with Crippen LogP contribution in [0.1, 0.15) is 20.3 Å². The van der Waals surface area contributed by atoms with Gasteiger partial charge in [-0.3, -0.25) is 0 Å². The molecule has 1 atom stereocenters. The summed E-state index contributed by atoms with van der Waals surface area (Å²) in [6.07, 6.45) is 1.01. The first-order valence-electron chi connectivity index (χ1n) is 5.64. The molecule has 96 valence electrons. The number of nitrogen functional groups attached to an aromatic ring is 1. The number of aromatic nitrogens is 2. The summed E-state index contributed by atoms with van der Waals surface area (Å²) >= 11 is 3.33. The van der Waals surface area contributed by atoms with Gasteiger partial charge in [-0.25, -0.2) is 4.98 Å². The number of anilines is 2. The lowest BCUT2D eigenvalue weighted by Crippen LogP contribution is -2.36. The maximum atomic E-state index is 5.73. The number of nitrogens with two attached hydrogens (primary N) is 1. The third-order valence-corrected chi connectivity index (χ3v) is 3.03. The molecule has 1 heterocycles. The van der Waals surface area contributed by atoms with Crippen molar-refractivity contribution in [2.24, 2.45) is 0 Å². The summed E-state index contributed by atoms with van der Waals surface area (Å²) in [4.78, 5) is 10.7. The summed E-state index contributed by atoms with van der Waals surface area (Å²) < 4.78 is 5.81. The summed E-state index contributed by atoms with van der Waals surface area (Å²) in [5.74, 6) is 1.11. The lowest BCUT2D eigenvalue weighted by atomic mass is 10.2. The third kappa shape index (κ3) is 4.12. The van der Waals surface area contributed by atoms with Crippen molar-refractivity contribution in [3.8, 4) is 0 Å². The van der Waals surface area contributed by atoms with Crippen molar-refractivity contribution in [3.05, 3.63) is 10.7 Å². The van der Waals surface area contributed by atoms with E-state index in [4.69, 9.17) is 10.5 Å². The first kappa shape index (κ1) is 14.2. The average Bonchev–Trinajstić information content (AvgIpc) is 2.28. The van der Waals surface area contributed by atoms with Crippen molar-refractivity contribution in [2.45, 2.75) is 26.3 Å². The highest BCUT2D eigenvalue weighted by atomic mass is 79.9. The molecule has 5 nitrogen and oxygen atoms in total. The van der Waals surface area contributed by atoms with Gasteiger partial charge >= 0.3 is 0 Å². The summed E-state index contributed by atoms with van der Waals surface area (Å²) in [7, 11) is 1.69. The second kappa shape index (κ2) is 6.76. The normalized spacial score (nSPS) is 12.5. The van der Waals surface area contributed by atoms with E-state index < -0.39 is 0 Å². The summed E-state index contributed by atoms with van der Waals surface area (Å²) in [5, 5.41) is 0. The smallest absolute Gasteiger partial charge is 0.228 e. The van der Waals surface area contributed by atoms with Crippen molar-refractivity contribution < 1.29 is 4.74 Å². The van der Waals surface area contributed by atoms with Crippen LogP contribution in [0.3, 0.4) is 0 Å². The molecule has 1 rings (SSSR count). The largest absolute Gasteiger partial charge is 0.383 e. The van der Waals surface area contributed by atoms with Crippen LogP contribution < -0.4 is 10.6 Å². The molecule has 0 aliphatic heterocycles. The molecule has 1 aromatic heterocycles. The summed E-state index contributed by atoms with van der Waals surface area (Å²) in [6, 6.07) is 2.04. The molecule has 6 heteroatoms. The molecule has 0 aliphatic rings. The Labute approximate surface area is 111 Å². The predicted octanol–water partition coefficient (Wildman–Crippen LogP) is 2.07. The van der Waals surface area contributed by atoms with E-state index in [1.165, 1.54) is 0 Å². The summed E-state index contributed by atoms with van der Waals surface area (Å²) in [6.45, 7) is 5.66. The van der Waals surface area contributed by atoms with Gasteiger partial charge in [-0.2, -0.15) is 4.98 Å². The van der Waals surface area contributed by atoms with E-state index in [-0.39, 0.29) is 0 Å². The Balaban J connectivity index is 2.94. The van der Waals surface area contributed by atoms with E-state index in [9.17, 15) is 0 Å². The Morgan fingerprint density at radius 2 is 2.24 bits per heavy atom. The molecule has 1 unspecified atom stereocenters. The van der Waals surface area contributed by atoms with Crippen LogP contribution in [0.2, 0.25) is 0 Å². The van der Waals surface area contributed by atoms with Crippen LogP contribution in [-0.4, -0.2) is 36.3 Å². The van der Waals surface area contributed by atoms with E-state index in [1.807, 2.05) is 0 Å². The molecular weight excluding hydrogens is 284 g/mol. The molecule has 0 saturated carbocycles. The quantitative estimate of drug-likeness (QED) is 0.815. The SMILES string of the molecule is CCC(C)N(CCOC)c1nc(N)cc(Br)n1. The Kier molecular flexibility index (Phi) is 5.64. The van der Waals surface area contributed by atoms with Crippen LogP contribution in [0.15, 0.2) is 10.7 Å². The Morgan fingerprint density at radius 1 is 1.53 bits per heavy atom. The maximum absolute atomic E-state index is 5.73. The van der Waals surface area contributed by atoms with Gasteiger partial charge in [0.15, 0.2) is 0 Å². The monoisotopic (exact) mass is 302 g/mol. The molecule has 0 amide bonds. The van der Waals surface area contributed by atoms with E-state index in [2.05, 4.69) is 44.6 Å². The van der Waals surface area contributed by atoms with Crippen molar-refractivity contribution in [1.29, 1.82) is 0 Å². The first-order chi connectivity index (χ1) is 8.08. The van der Waals surface area contributed by atoms with Crippen LogP contribution in [0.25, 0.3) is 0 Å². The highest BCUT2D eigenvalue weighted by Gasteiger charge is 2.16. The lowest BCUT2D eigenvalue weighted by Gasteiger charge is -2.28. The van der Waals surface area contributed by atoms with Crippen LogP contribution >= 0.6 is 15.9 Å². The molecular formula is C11H19BrN4O. The van der Waals surface area contributed by atoms with Crippen LogP contribution in [0.5, 0.6) is 0 Å². The Bertz CT molecular complexity index is 341. The molecule has 0 radical (unpaired) electrons. The van der Waals surface area contributed by atoms with Gasteiger partial charge in [0.05, 0.1) is 6.61 Å². The van der Waals surface area contributed by atoms with Crippen LogP contribution in [0, 0.1) is 0 Å². The molecule has 0 spiro atoms. The number of halogens is 1. The molecule has 0 saturated heterocycles. The standard InChI is InChI=1S/C11H19BrN4O/c1-4-8(2)16(5-6-17-3)11-14-9(12)7-10(13)15-11/h7-8H,4-6H2,1-3H3,(H2,13,14,15).